The van der Waals surface area contributed by atoms with Crippen molar-refractivity contribution in [1.29, 1.82) is 0 Å². The maximum absolute atomic E-state index is 14.8. The van der Waals surface area contributed by atoms with Gasteiger partial charge in [0.1, 0.15) is 24.2 Å². The SMILES string of the molecule is CC[C@@H](C)NC(=O)[C@@H](Cc1ccccc1)N(Cc1ccccc1F)C(=O)CN(c1ccc(OC)c(Cl)c1)S(C)(=O)=O. The van der Waals surface area contributed by atoms with E-state index in [1.807, 2.05) is 44.2 Å². The van der Waals surface area contributed by atoms with Gasteiger partial charge in [0.05, 0.1) is 24.1 Å². The standard InChI is InChI=1S/C30H35ClFN3O5S/c1-5-21(2)33-30(37)27(17-22-11-7-6-8-12-22)34(19-23-13-9-10-14-26(23)32)29(36)20-35(41(4,38)39)24-15-16-28(40-3)25(31)18-24/h6-16,18,21,27H,5,17,19-20H2,1-4H3,(H,33,37)/t21-,27-/m1/s1. The number of carbonyl (C=O) groups excluding carboxylic acids is 2. The van der Waals surface area contributed by atoms with Gasteiger partial charge in [-0.3, -0.25) is 13.9 Å². The number of halogens is 2. The number of ether oxygens (including phenoxy) is 1. The molecule has 3 rings (SSSR count). The summed E-state index contributed by atoms with van der Waals surface area (Å²) in [5.41, 5.74) is 1.11. The fourth-order valence-corrected chi connectivity index (χ4v) is 5.32. The smallest absolute Gasteiger partial charge is 0.244 e. The fraction of sp³-hybridized carbons (Fsp3) is 0.333. The third kappa shape index (κ3) is 8.68. The molecule has 220 valence electrons. The van der Waals surface area contributed by atoms with Crippen LogP contribution in [0.1, 0.15) is 31.4 Å². The largest absolute Gasteiger partial charge is 0.495 e. The van der Waals surface area contributed by atoms with Crippen LogP contribution in [0.2, 0.25) is 5.02 Å². The van der Waals surface area contributed by atoms with E-state index >= 15 is 0 Å². The molecule has 0 radical (unpaired) electrons. The molecule has 2 atom stereocenters. The van der Waals surface area contributed by atoms with Crippen LogP contribution in [0.5, 0.6) is 5.75 Å². The summed E-state index contributed by atoms with van der Waals surface area (Å²) in [6.07, 6.45) is 1.76. The lowest BCUT2D eigenvalue weighted by molar-refractivity contribution is -0.140. The van der Waals surface area contributed by atoms with Crippen LogP contribution in [0.3, 0.4) is 0 Å². The lowest BCUT2D eigenvalue weighted by Gasteiger charge is -2.34. The highest BCUT2D eigenvalue weighted by Gasteiger charge is 2.34. The van der Waals surface area contributed by atoms with Crippen molar-refractivity contribution in [2.24, 2.45) is 0 Å². The zero-order valence-corrected chi connectivity index (χ0v) is 25.1. The summed E-state index contributed by atoms with van der Waals surface area (Å²) in [5.74, 6) is -1.33. The predicted octanol–water partition coefficient (Wildman–Crippen LogP) is 4.81. The molecule has 0 aromatic heterocycles. The van der Waals surface area contributed by atoms with Crippen molar-refractivity contribution in [2.45, 2.75) is 45.3 Å². The molecule has 0 aliphatic rings. The van der Waals surface area contributed by atoms with E-state index in [1.54, 1.807) is 6.07 Å². The second-order valence-corrected chi connectivity index (χ2v) is 12.0. The van der Waals surface area contributed by atoms with Crippen molar-refractivity contribution in [3.63, 3.8) is 0 Å². The molecule has 3 aromatic rings. The normalized spacial score (nSPS) is 12.7. The third-order valence-corrected chi connectivity index (χ3v) is 8.11. The molecule has 41 heavy (non-hydrogen) atoms. The molecule has 0 aliphatic heterocycles. The van der Waals surface area contributed by atoms with E-state index in [1.165, 1.54) is 48.4 Å². The van der Waals surface area contributed by atoms with Crippen LogP contribution in [-0.2, 0) is 32.6 Å². The molecule has 0 aliphatic carbocycles. The van der Waals surface area contributed by atoms with E-state index in [9.17, 15) is 22.4 Å². The number of methoxy groups -OCH3 is 1. The van der Waals surface area contributed by atoms with Crippen LogP contribution in [0, 0.1) is 5.82 Å². The van der Waals surface area contributed by atoms with Crippen molar-refractivity contribution >= 4 is 39.1 Å². The van der Waals surface area contributed by atoms with E-state index in [0.29, 0.717) is 12.2 Å². The Morgan fingerprint density at radius 1 is 1.05 bits per heavy atom. The monoisotopic (exact) mass is 603 g/mol. The highest BCUT2D eigenvalue weighted by atomic mass is 35.5. The molecule has 0 heterocycles. The number of anilines is 1. The second-order valence-electron chi connectivity index (χ2n) is 9.72. The number of nitrogens with zero attached hydrogens (tertiary/aromatic N) is 2. The van der Waals surface area contributed by atoms with Gasteiger partial charge in [-0.05, 0) is 43.2 Å². The molecule has 0 bridgehead atoms. The van der Waals surface area contributed by atoms with Gasteiger partial charge in [-0.15, -0.1) is 0 Å². The Balaban J connectivity index is 2.08. The third-order valence-electron chi connectivity index (χ3n) is 6.67. The molecule has 8 nitrogen and oxygen atoms in total. The summed E-state index contributed by atoms with van der Waals surface area (Å²) in [7, 11) is -2.55. The van der Waals surface area contributed by atoms with Crippen molar-refractivity contribution in [1.82, 2.24) is 10.2 Å². The number of hydrogen-bond donors (Lipinski definition) is 1. The molecule has 0 spiro atoms. The van der Waals surface area contributed by atoms with Crippen LogP contribution in [-0.4, -0.2) is 57.1 Å². The molecule has 3 aromatic carbocycles. The summed E-state index contributed by atoms with van der Waals surface area (Å²) >= 11 is 6.26. The van der Waals surface area contributed by atoms with Gasteiger partial charge in [-0.1, -0.05) is 67.1 Å². The predicted molar refractivity (Wildman–Crippen MR) is 159 cm³/mol. The first-order valence-electron chi connectivity index (χ1n) is 13.1. The summed E-state index contributed by atoms with van der Waals surface area (Å²) < 4.78 is 46.7. The van der Waals surface area contributed by atoms with E-state index in [-0.39, 0.29) is 35.3 Å². The molecular weight excluding hydrogens is 569 g/mol. The number of carbonyl (C=O) groups is 2. The lowest BCUT2D eigenvalue weighted by atomic mass is 10.0. The fourth-order valence-electron chi connectivity index (χ4n) is 4.23. The topological polar surface area (TPSA) is 96.0 Å². The lowest BCUT2D eigenvalue weighted by Crippen LogP contribution is -2.54. The van der Waals surface area contributed by atoms with Crippen LogP contribution < -0.4 is 14.4 Å². The van der Waals surface area contributed by atoms with Crippen LogP contribution in [0.25, 0.3) is 0 Å². The van der Waals surface area contributed by atoms with Crippen molar-refractivity contribution in [3.8, 4) is 5.75 Å². The van der Waals surface area contributed by atoms with E-state index in [0.717, 1.165) is 16.1 Å². The van der Waals surface area contributed by atoms with Gasteiger partial charge in [0.25, 0.3) is 0 Å². The minimum absolute atomic E-state index is 0.135. The number of hydrogen-bond acceptors (Lipinski definition) is 5. The number of amides is 2. The Labute approximate surface area is 246 Å². The van der Waals surface area contributed by atoms with Crippen molar-refractivity contribution in [3.05, 3.63) is 94.8 Å². The van der Waals surface area contributed by atoms with Crippen molar-refractivity contribution < 1.29 is 27.1 Å². The molecule has 0 fully saturated rings. The van der Waals surface area contributed by atoms with Crippen LogP contribution in [0.15, 0.2) is 72.8 Å². The highest BCUT2D eigenvalue weighted by Crippen LogP contribution is 2.30. The zero-order valence-electron chi connectivity index (χ0n) is 23.5. The molecule has 2 amide bonds. The molecule has 0 unspecified atom stereocenters. The van der Waals surface area contributed by atoms with Crippen LogP contribution >= 0.6 is 11.6 Å². The number of sulfonamides is 1. The average Bonchev–Trinajstić information content (AvgIpc) is 2.94. The summed E-state index contributed by atoms with van der Waals surface area (Å²) in [4.78, 5) is 28.9. The maximum Gasteiger partial charge on any atom is 0.244 e. The van der Waals surface area contributed by atoms with Gasteiger partial charge in [0.2, 0.25) is 21.8 Å². The second kappa shape index (κ2) is 14.3. The first kappa shape index (κ1) is 31.9. The molecular formula is C30H35ClFN3O5S. The Kier molecular flexibility index (Phi) is 11.1. The summed E-state index contributed by atoms with van der Waals surface area (Å²) in [5, 5.41) is 3.09. The first-order valence-corrected chi connectivity index (χ1v) is 15.4. The van der Waals surface area contributed by atoms with Gasteiger partial charge in [0.15, 0.2) is 0 Å². The van der Waals surface area contributed by atoms with Gasteiger partial charge in [-0.2, -0.15) is 0 Å². The molecule has 0 saturated carbocycles. The highest BCUT2D eigenvalue weighted by molar-refractivity contribution is 7.92. The Hall–Kier alpha value is -3.63. The number of nitrogens with one attached hydrogen (secondary N) is 1. The van der Waals surface area contributed by atoms with Crippen molar-refractivity contribution in [2.75, 3.05) is 24.2 Å². The maximum atomic E-state index is 14.8. The van der Waals surface area contributed by atoms with Gasteiger partial charge in [0, 0.05) is 24.6 Å². The Bertz CT molecular complexity index is 1460. The Morgan fingerprint density at radius 2 is 1.71 bits per heavy atom. The Morgan fingerprint density at radius 3 is 2.29 bits per heavy atom. The minimum Gasteiger partial charge on any atom is -0.495 e. The van der Waals surface area contributed by atoms with E-state index < -0.39 is 40.2 Å². The summed E-state index contributed by atoms with van der Waals surface area (Å²) in [6, 6.07) is 18.2. The quantitative estimate of drug-likeness (QED) is 0.303. The first-order chi connectivity index (χ1) is 19.4. The molecule has 11 heteroatoms. The van der Waals surface area contributed by atoms with E-state index in [2.05, 4.69) is 5.32 Å². The number of benzene rings is 3. The average molecular weight is 604 g/mol. The van der Waals surface area contributed by atoms with E-state index in [4.69, 9.17) is 16.3 Å². The summed E-state index contributed by atoms with van der Waals surface area (Å²) in [6.45, 7) is 2.87. The minimum atomic E-state index is -3.98. The molecule has 0 saturated heterocycles. The molecule has 1 N–H and O–H groups in total. The van der Waals surface area contributed by atoms with Gasteiger partial charge >= 0.3 is 0 Å². The zero-order chi connectivity index (χ0) is 30.2. The number of rotatable bonds is 13. The van der Waals surface area contributed by atoms with Gasteiger partial charge in [-0.25, -0.2) is 12.8 Å². The van der Waals surface area contributed by atoms with Gasteiger partial charge < -0.3 is 15.0 Å². The van der Waals surface area contributed by atoms with Crippen LogP contribution in [0.4, 0.5) is 10.1 Å².